The van der Waals surface area contributed by atoms with Gasteiger partial charge in [-0.05, 0) is 57.0 Å². The molecule has 120 valence electrons. The lowest BCUT2D eigenvalue weighted by Crippen LogP contribution is -2.38. The van der Waals surface area contributed by atoms with Crippen LogP contribution in [-0.4, -0.2) is 49.6 Å². The van der Waals surface area contributed by atoms with Crippen LogP contribution in [0.1, 0.15) is 51.4 Å². The molecule has 3 rings (SSSR count). The molecule has 2 atom stereocenters. The summed E-state index contributed by atoms with van der Waals surface area (Å²) in [6.07, 6.45) is 9.84. The molecule has 1 saturated carbocycles. The SMILES string of the molecule is O=C(CCC1CCNC1)NC1CCN(CC2CCCC2)C1. The highest BCUT2D eigenvalue weighted by Crippen LogP contribution is 2.26. The number of carbonyl (C=O) groups excluding carboxylic acids is 1. The Balaban J connectivity index is 1.31. The van der Waals surface area contributed by atoms with Crippen molar-refractivity contribution in [1.29, 1.82) is 0 Å². The molecule has 0 aromatic carbocycles. The van der Waals surface area contributed by atoms with Gasteiger partial charge in [-0.25, -0.2) is 0 Å². The zero-order valence-electron chi connectivity index (χ0n) is 13.3. The van der Waals surface area contributed by atoms with Gasteiger partial charge < -0.3 is 15.5 Å². The van der Waals surface area contributed by atoms with Crippen LogP contribution in [0.4, 0.5) is 0 Å². The van der Waals surface area contributed by atoms with Gasteiger partial charge in [0.2, 0.25) is 5.91 Å². The van der Waals surface area contributed by atoms with Gasteiger partial charge >= 0.3 is 0 Å². The molecule has 0 aromatic rings. The molecule has 2 unspecified atom stereocenters. The summed E-state index contributed by atoms with van der Waals surface area (Å²) in [5.41, 5.74) is 0. The van der Waals surface area contributed by atoms with Gasteiger partial charge in [0, 0.05) is 32.1 Å². The highest BCUT2D eigenvalue weighted by atomic mass is 16.1. The first kappa shape index (κ1) is 15.3. The first-order valence-electron chi connectivity index (χ1n) is 9.02. The highest BCUT2D eigenvalue weighted by molar-refractivity contribution is 5.76. The minimum Gasteiger partial charge on any atom is -0.352 e. The highest BCUT2D eigenvalue weighted by Gasteiger charge is 2.27. The summed E-state index contributed by atoms with van der Waals surface area (Å²) >= 11 is 0. The fraction of sp³-hybridized carbons (Fsp3) is 0.941. The van der Waals surface area contributed by atoms with Crippen molar-refractivity contribution in [2.24, 2.45) is 11.8 Å². The van der Waals surface area contributed by atoms with Crippen LogP contribution in [0, 0.1) is 11.8 Å². The average Bonchev–Trinajstić information content (AvgIpc) is 3.19. The lowest BCUT2D eigenvalue weighted by Gasteiger charge is -2.20. The van der Waals surface area contributed by atoms with Gasteiger partial charge in [-0.3, -0.25) is 4.79 Å². The molecule has 4 nitrogen and oxygen atoms in total. The van der Waals surface area contributed by atoms with Crippen LogP contribution in [0.5, 0.6) is 0 Å². The van der Waals surface area contributed by atoms with Crippen LogP contribution in [0.25, 0.3) is 0 Å². The van der Waals surface area contributed by atoms with Gasteiger partial charge in [0.25, 0.3) is 0 Å². The number of rotatable bonds is 6. The largest absolute Gasteiger partial charge is 0.352 e. The van der Waals surface area contributed by atoms with Crippen molar-refractivity contribution >= 4 is 5.91 Å². The van der Waals surface area contributed by atoms with Crippen LogP contribution in [0.15, 0.2) is 0 Å². The molecule has 1 aliphatic carbocycles. The van der Waals surface area contributed by atoms with Crippen LogP contribution in [0.3, 0.4) is 0 Å². The molecule has 2 heterocycles. The topological polar surface area (TPSA) is 44.4 Å². The van der Waals surface area contributed by atoms with Crippen LogP contribution >= 0.6 is 0 Å². The predicted molar refractivity (Wildman–Crippen MR) is 85.2 cm³/mol. The fourth-order valence-electron chi connectivity index (χ4n) is 4.27. The van der Waals surface area contributed by atoms with E-state index in [0.717, 1.165) is 44.3 Å². The molecule has 0 bridgehead atoms. The molecule has 3 fully saturated rings. The third-order valence-electron chi connectivity index (χ3n) is 5.57. The first-order chi connectivity index (χ1) is 10.3. The third-order valence-corrected chi connectivity index (χ3v) is 5.57. The van der Waals surface area contributed by atoms with E-state index in [1.807, 2.05) is 0 Å². The molecule has 0 radical (unpaired) electrons. The molecular weight excluding hydrogens is 262 g/mol. The standard InChI is InChI=1S/C17H31N3O/c21-17(6-5-14-7-9-18-11-14)19-16-8-10-20(13-16)12-15-3-1-2-4-15/h14-16,18H,1-13H2,(H,19,21). The van der Waals surface area contributed by atoms with Gasteiger partial charge in [0.15, 0.2) is 0 Å². The van der Waals surface area contributed by atoms with Gasteiger partial charge in [-0.15, -0.1) is 0 Å². The van der Waals surface area contributed by atoms with E-state index in [-0.39, 0.29) is 5.91 Å². The van der Waals surface area contributed by atoms with Crippen molar-refractivity contribution in [2.45, 2.75) is 57.4 Å². The van der Waals surface area contributed by atoms with Crippen LogP contribution in [0.2, 0.25) is 0 Å². The maximum atomic E-state index is 12.1. The normalized spacial score (nSPS) is 31.0. The third kappa shape index (κ3) is 4.68. The van der Waals surface area contributed by atoms with Crippen LogP contribution < -0.4 is 10.6 Å². The minimum atomic E-state index is 0.273. The monoisotopic (exact) mass is 293 g/mol. The van der Waals surface area contributed by atoms with Crippen LogP contribution in [-0.2, 0) is 4.79 Å². The number of hydrogen-bond acceptors (Lipinski definition) is 3. The smallest absolute Gasteiger partial charge is 0.220 e. The fourth-order valence-corrected chi connectivity index (χ4v) is 4.27. The number of hydrogen-bond donors (Lipinski definition) is 2. The van der Waals surface area contributed by atoms with E-state index in [9.17, 15) is 4.79 Å². The molecule has 2 N–H and O–H groups in total. The molecular formula is C17H31N3O. The molecule has 2 saturated heterocycles. The van der Waals surface area contributed by atoms with Crippen molar-refractivity contribution < 1.29 is 4.79 Å². The van der Waals surface area contributed by atoms with Gasteiger partial charge in [-0.2, -0.15) is 0 Å². The summed E-state index contributed by atoms with van der Waals surface area (Å²) < 4.78 is 0. The molecule has 21 heavy (non-hydrogen) atoms. The van der Waals surface area contributed by atoms with E-state index in [4.69, 9.17) is 0 Å². The molecule has 0 spiro atoms. The second-order valence-electron chi connectivity index (χ2n) is 7.36. The Hall–Kier alpha value is -0.610. The Morgan fingerprint density at radius 3 is 2.76 bits per heavy atom. The summed E-state index contributed by atoms with van der Waals surface area (Å²) in [6, 6.07) is 0.403. The van der Waals surface area contributed by atoms with Crippen molar-refractivity contribution in [3.8, 4) is 0 Å². The second-order valence-corrected chi connectivity index (χ2v) is 7.36. The molecule has 3 aliphatic rings. The summed E-state index contributed by atoms with van der Waals surface area (Å²) in [5.74, 6) is 1.92. The van der Waals surface area contributed by atoms with E-state index in [2.05, 4.69) is 15.5 Å². The maximum Gasteiger partial charge on any atom is 0.220 e. The molecule has 1 amide bonds. The number of amides is 1. The number of likely N-dealkylation sites (tertiary alicyclic amines) is 1. The Morgan fingerprint density at radius 1 is 1.14 bits per heavy atom. The molecule has 2 aliphatic heterocycles. The Labute approximate surface area is 129 Å². The van der Waals surface area contributed by atoms with E-state index >= 15 is 0 Å². The number of nitrogens with zero attached hydrogens (tertiary/aromatic N) is 1. The molecule has 0 aromatic heterocycles. The second kappa shape index (κ2) is 7.59. The predicted octanol–water partition coefficient (Wildman–Crippen LogP) is 1.76. The van der Waals surface area contributed by atoms with Crippen molar-refractivity contribution in [2.75, 3.05) is 32.7 Å². The Bertz CT molecular complexity index is 335. The summed E-state index contributed by atoms with van der Waals surface area (Å²) in [5, 5.41) is 6.63. The van der Waals surface area contributed by atoms with Gasteiger partial charge in [0.05, 0.1) is 0 Å². The van der Waals surface area contributed by atoms with E-state index in [1.54, 1.807) is 0 Å². The van der Waals surface area contributed by atoms with Crippen molar-refractivity contribution in [3.05, 3.63) is 0 Å². The summed E-state index contributed by atoms with van der Waals surface area (Å²) in [7, 11) is 0. The van der Waals surface area contributed by atoms with E-state index < -0.39 is 0 Å². The first-order valence-corrected chi connectivity index (χ1v) is 9.02. The summed E-state index contributed by atoms with van der Waals surface area (Å²) in [4.78, 5) is 14.6. The van der Waals surface area contributed by atoms with Crippen molar-refractivity contribution in [1.82, 2.24) is 15.5 Å². The minimum absolute atomic E-state index is 0.273. The van der Waals surface area contributed by atoms with E-state index in [1.165, 1.54) is 45.2 Å². The zero-order chi connectivity index (χ0) is 14.5. The average molecular weight is 293 g/mol. The Kier molecular flexibility index (Phi) is 5.53. The van der Waals surface area contributed by atoms with E-state index in [0.29, 0.717) is 12.5 Å². The van der Waals surface area contributed by atoms with Gasteiger partial charge in [0.1, 0.15) is 0 Å². The zero-order valence-corrected chi connectivity index (χ0v) is 13.3. The van der Waals surface area contributed by atoms with Crippen molar-refractivity contribution in [3.63, 3.8) is 0 Å². The lowest BCUT2D eigenvalue weighted by atomic mass is 10.0. The number of nitrogens with one attached hydrogen (secondary N) is 2. The number of carbonyl (C=O) groups is 1. The molecule has 4 heteroatoms. The Morgan fingerprint density at radius 2 is 2.00 bits per heavy atom. The van der Waals surface area contributed by atoms with Gasteiger partial charge in [-0.1, -0.05) is 12.8 Å². The quantitative estimate of drug-likeness (QED) is 0.784. The maximum absolute atomic E-state index is 12.1. The lowest BCUT2D eigenvalue weighted by molar-refractivity contribution is -0.122. The summed E-state index contributed by atoms with van der Waals surface area (Å²) in [6.45, 7) is 5.75.